The van der Waals surface area contributed by atoms with Crippen molar-refractivity contribution in [2.24, 2.45) is 0 Å². The van der Waals surface area contributed by atoms with Crippen molar-refractivity contribution in [1.82, 2.24) is 5.32 Å². The standard InChI is InChI=1S/C13H18BrNO3/c1-3-6-13(2,18)8-15-12(17)10-7-9(14)4-5-11(10)16/h4-5,7,16,18H,3,6,8H2,1-2H3,(H,15,17). The van der Waals surface area contributed by atoms with Crippen LogP contribution in [0.1, 0.15) is 37.0 Å². The van der Waals surface area contributed by atoms with Crippen LogP contribution in [0.5, 0.6) is 5.75 Å². The number of nitrogens with one attached hydrogen (secondary N) is 1. The summed E-state index contributed by atoms with van der Waals surface area (Å²) in [7, 11) is 0. The van der Waals surface area contributed by atoms with Gasteiger partial charge in [0.1, 0.15) is 5.75 Å². The van der Waals surface area contributed by atoms with E-state index in [2.05, 4.69) is 21.2 Å². The molecule has 0 fully saturated rings. The van der Waals surface area contributed by atoms with Crippen LogP contribution in [0.25, 0.3) is 0 Å². The fourth-order valence-corrected chi connectivity index (χ4v) is 2.04. The number of hydrogen-bond donors (Lipinski definition) is 3. The molecule has 1 rings (SSSR count). The minimum atomic E-state index is -0.925. The van der Waals surface area contributed by atoms with Gasteiger partial charge in [0.25, 0.3) is 5.91 Å². The molecule has 0 aromatic heterocycles. The van der Waals surface area contributed by atoms with Crippen LogP contribution in [0.4, 0.5) is 0 Å². The number of phenols is 1. The lowest BCUT2D eigenvalue weighted by molar-refractivity contribution is 0.0469. The summed E-state index contributed by atoms with van der Waals surface area (Å²) < 4.78 is 0.714. The summed E-state index contributed by atoms with van der Waals surface area (Å²) in [6, 6.07) is 4.64. The number of halogens is 1. The number of amides is 1. The Morgan fingerprint density at radius 1 is 1.50 bits per heavy atom. The van der Waals surface area contributed by atoms with Gasteiger partial charge in [0, 0.05) is 11.0 Å². The van der Waals surface area contributed by atoms with E-state index in [1.54, 1.807) is 19.1 Å². The third kappa shape index (κ3) is 4.31. The van der Waals surface area contributed by atoms with E-state index >= 15 is 0 Å². The maximum atomic E-state index is 11.9. The molecule has 0 saturated heterocycles. The molecule has 1 atom stereocenters. The van der Waals surface area contributed by atoms with Gasteiger partial charge in [0.2, 0.25) is 0 Å². The van der Waals surface area contributed by atoms with Crippen LogP contribution in [-0.2, 0) is 0 Å². The second kappa shape index (κ2) is 6.20. The Morgan fingerprint density at radius 3 is 2.78 bits per heavy atom. The molecule has 0 bridgehead atoms. The highest BCUT2D eigenvalue weighted by Gasteiger charge is 2.21. The van der Waals surface area contributed by atoms with Crippen LogP contribution in [0.3, 0.4) is 0 Å². The summed E-state index contributed by atoms with van der Waals surface area (Å²) in [5.74, 6) is -0.476. The molecule has 0 aliphatic rings. The molecule has 1 aromatic rings. The molecular formula is C13H18BrNO3. The van der Waals surface area contributed by atoms with Gasteiger partial charge >= 0.3 is 0 Å². The second-order valence-corrected chi connectivity index (χ2v) is 5.51. The second-order valence-electron chi connectivity index (χ2n) is 4.59. The summed E-state index contributed by atoms with van der Waals surface area (Å²) in [6.07, 6.45) is 1.45. The monoisotopic (exact) mass is 315 g/mol. The maximum Gasteiger partial charge on any atom is 0.255 e. The van der Waals surface area contributed by atoms with Gasteiger partial charge in [-0.25, -0.2) is 0 Å². The van der Waals surface area contributed by atoms with E-state index in [-0.39, 0.29) is 17.9 Å². The van der Waals surface area contributed by atoms with Crippen molar-refractivity contribution >= 4 is 21.8 Å². The average molecular weight is 316 g/mol. The van der Waals surface area contributed by atoms with Gasteiger partial charge in [-0.2, -0.15) is 0 Å². The zero-order valence-corrected chi connectivity index (χ0v) is 12.1. The first kappa shape index (κ1) is 15.0. The highest BCUT2D eigenvalue weighted by molar-refractivity contribution is 9.10. The van der Waals surface area contributed by atoms with Crippen LogP contribution in [0.15, 0.2) is 22.7 Å². The Balaban J connectivity index is 2.69. The van der Waals surface area contributed by atoms with Crippen LogP contribution in [0.2, 0.25) is 0 Å². The van der Waals surface area contributed by atoms with Crippen molar-refractivity contribution in [2.45, 2.75) is 32.3 Å². The Morgan fingerprint density at radius 2 is 2.17 bits per heavy atom. The summed E-state index contributed by atoms with van der Waals surface area (Å²) in [6.45, 7) is 3.81. The van der Waals surface area contributed by atoms with Gasteiger partial charge in [-0.3, -0.25) is 4.79 Å². The number of aliphatic hydroxyl groups is 1. The van der Waals surface area contributed by atoms with Crippen LogP contribution < -0.4 is 5.32 Å². The zero-order chi connectivity index (χ0) is 13.8. The van der Waals surface area contributed by atoms with E-state index in [9.17, 15) is 15.0 Å². The Kier molecular flexibility index (Phi) is 5.16. The Labute approximate surface area is 115 Å². The van der Waals surface area contributed by atoms with Crippen molar-refractivity contribution in [1.29, 1.82) is 0 Å². The highest BCUT2D eigenvalue weighted by atomic mass is 79.9. The van der Waals surface area contributed by atoms with E-state index < -0.39 is 11.5 Å². The van der Waals surface area contributed by atoms with Crippen molar-refractivity contribution in [3.05, 3.63) is 28.2 Å². The molecular weight excluding hydrogens is 298 g/mol. The lowest BCUT2D eigenvalue weighted by Crippen LogP contribution is -2.40. The zero-order valence-electron chi connectivity index (χ0n) is 10.5. The maximum absolute atomic E-state index is 11.9. The quantitative estimate of drug-likeness (QED) is 0.781. The fourth-order valence-electron chi connectivity index (χ4n) is 1.68. The van der Waals surface area contributed by atoms with E-state index in [1.165, 1.54) is 6.07 Å². The molecule has 1 amide bonds. The van der Waals surface area contributed by atoms with Crippen LogP contribution in [-0.4, -0.2) is 28.3 Å². The summed E-state index contributed by atoms with van der Waals surface area (Å²) in [5, 5.41) is 22.2. The minimum absolute atomic E-state index is 0.0779. The van der Waals surface area contributed by atoms with Crippen LogP contribution >= 0.6 is 15.9 Å². The van der Waals surface area contributed by atoms with Gasteiger partial charge < -0.3 is 15.5 Å². The first-order chi connectivity index (χ1) is 8.35. The summed E-state index contributed by atoms with van der Waals surface area (Å²) in [5.41, 5.74) is -0.733. The van der Waals surface area contributed by atoms with Crippen LogP contribution in [0, 0.1) is 0 Å². The predicted molar refractivity (Wildman–Crippen MR) is 73.7 cm³/mol. The molecule has 0 saturated carbocycles. The molecule has 0 radical (unpaired) electrons. The van der Waals surface area contributed by atoms with Crippen molar-refractivity contribution in [3.8, 4) is 5.75 Å². The smallest absolute Gasteiger partial charge is 0.255 e. The highest BCUT2D eigenvalue weighted by Crippen LogP contribution is 2.21. The lowest BCUT2D eigenvalue weighted by atomic mass is 10.0. The molecule has 3 N–H and O–H groups in total. The van der Waals surface area contributed by atoms with Crippen molar-refractivity contribution in [3.63, 3.8) is 0 Å². The fraction of sp³-hybridized carbons (Fsp3) is 0.462. The van der Waals surface area contributed by atoms with Gasteiger partial charge in [-0.15, -0.1) is 0 Å². The topological polar surface area (TPSA) is 69.6 Å². The van der Waals surface area contributed by atoms with Crippen molar-refractivity contribution in [2.75, 3.05) is 6.54 Å². The molecule has 5 heteroatoms. The van der Waals surface area contributed by atoms with E-state index in [1.807, 2.05) is 6.92 Å². The Hall–Kier alpha value is -1.07. The molecule has 0 aliphatic heterocycles. The average Bonchev–Trinajstić information content (AvgIpc) is 2.29. The number of benzene rings is 1. The molecule has 18 heavy (non-hydrogen) atoms. The number of phenolic OH excluding ortho intramolecular Hbond substituents is 1. The molecule has 0 aliphatic carbocycles. The van der Waals surface area contributed by atoms with Gasteiger partial charge in [0.05, 0.1) is 11.2 Å². The molecule has 100 valence electrons. The van der Waals surface area contributed by atoms with E-state index in [0.717, 1.165) is 6.42 Å². The van der Waals surface area contributed by atoms with Gasteiger partial charge in [-0.05, 0) is 31.5 Å². The largest absolute Gasteiger partial charge is 0.507 e. The Bertz CT molecular complexity index is 432. The first-order valence-corrected chi connectivity index (χ1v) is 6.64. The van der Waals surface area contributed by atoms with E-state index in [0.29, 0.717) is 10.9 Å². The molecule has 0 heterocycles. The SMILES string of the molecule is CCCC(C)(O)CNC(=O)c1cc(Br)ccc1O. The number of hydrogen-bond acceptors (Lipinski definition) is 3. The number of carbonyl (C=O) groups excluding carboxylic acids is 1. The lowest BCUT2D eigenvalue weighted by Gasteiger charge is -2.23. The molecule has 1 unspecified atom stereocenters. The number of rotatable bonds is 5. The summed E-state index contributed by atoms with van der Waals surface area (Å²) in [4.78, 5) is 11.9. The summed E-state index contributed by atoms with van der Waals surface area (Å²) >= 11 is 3.24. The van der Waals surface area contributed by atoms with Crippen molar-refractivity contribution < 1.29 is 15.0 Å². The third-order valence-corrected chi connectivity index (χ3v) is 3.11. The molecule has 4 nitrogen and oxygen atoms in total. The number of aromatic hydroxyl groups is 1. The van der Waals surface area contributed by atoms with Gasteiger partial charge in [0.15, 0.2) is 0 Å². The third-order valence-electron chi connectivity index (χ3n) is 2.62. The molecule has 0 spiro atoms. The minimum Gasteiger partial charge on any atom is -0.507 e. The first-order valence-electron chi connectivity index (χ1n) is 5.85. The normalized spacial score (nSPS) is 14.0. The predicted octanol–water partition coefficient (Wildman–Crippen LogP) is 2.44. The number of carbonyl (C=O) groups is 1. The van der Waals surface area contributed by atoms with Gasteiger partial charge in [-0.1, -0.05) is 29.3 Å². The van der Waals surface area contributed by atoms with E-state index in [4.69, 9.17) is 0 Å². The molecule has 1 aromatic carbocycles.